The van der Waals surface area contributed by atoms with E-state index < -0.39 is 0 Å². The lowest BCUT2D eigenvalue weighted by Gasteiger charge is -2.40. The maximum atomic E-state index is 12.6. The molecule has 0 aromatic heterocycles. The van der Waals surface area contributed by atoms with Gasteiger partial charge in [-0.3, -0.25) is 9.69 Å². The van der Waals surface area contributed by atoms with Crippen molar-refractivity contribution in [2.75, 3.05) is 20.3 Å². The van der Waals surface area contributed by atoms with Crippen molar-refractivity contribution in [2.45, 2.75) is 62.8 Å². The first kappa shape index (κ1) is 16.9. The van der Waals surface area contributed by atoms with Crippen LogP contribution in [0.15, 0.2) is 24.3 Å². The number of piperidine rings is 1. The van der Waals surface area contributed by atoms with Crippen molar-refractivity contribution in [1.82, 2.24) is 10.2 Å². The summed E-state index contributed by atoms with van der Waals surface area (Å²) in [5.74, 6) is 0.731. The maximum Gasteiger partial charge on any atom is 0.251 e. The standard InChI is InChI=1S/C20H28N2O3/c1-24-18-5-2-4-14(10-18)20(23)21-15-11-16-7-8-17(12-15)22(16)13-19-6-3-9-25-19/h2,4-5,10,15-17,19H,3,6-9,11-13H2,1H3,(H,21,23)/t15?,16-,17+,19?. The van der Waals surface area contributed by atoms with Crippen LogP contribution >= 0.6 is 0 Å². The molecule has 1 aromatic rings. The van der Waals surface area contributed by atoms with Crippen LogP contribution in [0.2, 0.25) is 0 Å². The Morgan fingerprint density at radius 2 is 2.08 bits per heavy atom. The predicted molar refractivity (Wildman–Crippen MR) is 96.0 cm³/mol. The van der Waals surface area contributed by atoms with Crippen LogP contribution in [0.25, 0.3) is 0 Å². The van der Waals surface area contributed by atoms with E-state index in [1.54, 1.807) is 13.2 Å². The van der Waals surface area contributed by atoms with Crippen molar-refractivity contribution in [3.8, 4) is 5.75 Å². The average Bonchev–Trinajstić information content (AvgIpc) is 3.22. The van der Waals surface area contributed by atoms with E-state index in [0.717, 1.165) is 31.7 Å². The Kier molecular flexibility index (Phi) is 4.95. The van der Waals surface area contributed by atoms with Gasteiger partial charge < -0.3 is 14.8 Å². The molecule has 4 rings (SSSR count). The van der Waals surface area contributed by atoms with E-state index in [9.17, 15) is 4.79 Å². The Morgan fingerprint density at radius 1 is 1.28 bits per heavy atom. The van der Waals surface area contributed by atoms with Crippen molar-refractivity contribution in [3.05, 3.63) is 29.8 Å². The fourth-order valence-electron chi connectivity index (χ4n) is 4.75. The van der Waals surface area contributed by atoms with Gasteiger partial charge in [-0.25, -0.2) is 0 Å². The summed E-state index contributed by atoms with van der Waals surface area (Å²) in [4.78, 5) is 15.2. The van der Waals surface area contributed by atoms with Gasteiger partial charge in [0.25, 0.3) is 5.91 Å². The molecule has 5 nitrogen and oxygen atoms in total. The van der Waals surface area contributed by atoms with Gasteiger partial charge in [0.05, 0.1) is 13.2 Å². The van der Waals surface area contributed by atoms with Crippen LogP contribution in [-0.4, -0.2) is 55.3 Å². The molecule has 1 aromatic carbocycles. The Hall–Kier alpha value is -1.59. The number of fused-ring (bicyclic) bond motifs is 2. The van der Waals surface area contributed by atoms with Crippen LogP contribution in [0, 0.1) is 0 Å². The molecule has 2 unspecified atom stereocenters. The molecule has 136 valence electrons. The summed E-state index contributed by atoms with van der Waals surface area (Å²) in [6.07, 6.45) is 7.44. The van der Waals surface area contributed by atoms with Gasteiger partial charge in [-0.2, -0.15) is 0 Å². The molecular formula is C20H28N2O3. The zero-order valence-corrected chi connectivity index (χ0v) is 14.9. The molecule has 0 aliphatic carbocycles. The smallest absolute Gasteiger partial charge is 0.251 e. The Balaban J connectivity index is 1.35. The number of rotatable bonds is 5. The molecule has 1 amide bonds. The molecule has 3 saturated heterocycles. The van der Waals surface area contributed by atoms with Crippen molar-refractivity contribution < 1.29 is 14.3 Å². The quantitative estimate of drug-likeness (QED) is 0.892. The number of nitrogens with zero attached hydrogens (tertiary/aromatic N) is 1. The van der Waals surface area contributed by atoms with Crippen LogP contribution in [-0.2, 0) is 4.74 Å². The highest BCUT2D eigenvalue weighted by Gasteiger charge is 2.42. The first-order chi connectivity index (χ1) is 12.2. The van der Waals surface area contributed by atoms with Gasteiger partial charge in [0.15, 0.2) is 0 Å². The molecule has 3 aliphatic rings. The molecule has 3 fully saturated rings. The molecule has 1 N–H and O–H groups in total. The summed E-state index contributed by atoms with van der Waals surface area (Å²) in [6, 6.07) is 8.84. The lowest BCUT2D eigenvalue weighted by molar-refractivity contribution is 0.0332. The number of methoxy groups -OCH3 is 1. The molecule has 25 heavy (non-hydrogen) atoms. The summed E-state index contributed by atoms with van der Waals surface area (Å²) >= 11 is 0. The minimum atomic E-state index is 0.0101. The van der Waals surface area contributed by atoms with E-state index in [-0.39, 0.29) is 11.9 Å². The molecule has 5 heteroatoms. The van der Waals surface area contributed by atoms with E-state index >= 15 is 0 Å². The van der Waals surface area contributed by atoms with E-state index in [0.29, 0.717) is 23.8 Å². The number of carbonyl (C=O) groups is 1. The van der Waals surface area contributed by atoms with Crippen LogP contribution < -0.4 is 10.1 Å². The maximum absolute atomic E-state index is 12.6. The number of benzene rings is 1. The third-order valence-electron chi connectivity index (χ3n) is 5.99. The molecule has 0 radical (unpaired) electrons. The zero-order chi connectivity index (χ0) is 17.2. The number of ether oxygens (including phenoxy) is 2. The van der Waals surface area contributed by atoms with Crippen molar-refractivity contribution in [1.29, 1.82) is 0 Å². The van der Waals surface area contributed by atoms with Crippen LogP contribution in [0.5, 0.6) is 5.75 Å². The minimum Gasteiger partial charge on any atom is -0.497 e. The first-order valence-electron chi connectivity index (χ1n) is 9.55. The van der Waals surface area contributed by atoms with Gasteiger partial charge in [0, 0.05) is 36.8 Å². The molecule has 3 aliphatic heterocycles. The van der Waals surface area contributed by atoms with Crippen molar-refractivity contribution in [2.24, 2.45) is 0 Å². The third-order valence-corrected chi connectivity index (χ3v) is 5.99. The molecule has 0 saturated carbocycles. The largest absolute Gasteiger partial charge is 0.497 e. The molecule has 4 atom stereocenters. The topological polar surface area (TPSA) is 50.8 Å². The number of amides is 1. The van der Waals surface area contributed by atoms with Crippen molar-refractivity contribution in [3.63, 3.8) is 0 Å². The Morgan fingerprint density at radius 3 is 2.76 bits per heavy atom. The second-order valence-corrected chi connectivity index (χ2v) is 7.59. The molecular weight excluding hydrogens is 316 g/mol. The normalized spacial score (nSPS) is 31.9. The van der Waals surface area contributed by atoms with Gasteiger partial charge in [0.2, 0.25) is 0 Å². The highest BCUT2D eigenvalue weighted by atomic mass is 16.5. The van der Waals surface area contributed by atoms with E-state index in [1.807, 2.05) is 18.2 Å². The van der Waals surface area contributed by atoms with Gasteiger partial charge in [-0.15, -0.1) is 0 Å². The van der Waals surface area contributed by atoms with Crippen LogP contribution in [0.3, 0.4) is 0 Å². The predicted octanol–water partition coefficient (Wildman–Crippen LogP) is 2.60. The van der Waals surface area contributed by atoms with Gasteiger partial charge in [-0.05, 0) is 56.7 Å². The first-order valence-corrected chi connectivity index (χ1v) is 9.55. The zero-order valence-electron chi connectivity index (χ0n) is 14.9. The summed E-state index contributed by atoms with van der Waals surface area (Å²) in [5.41, 5.74) is 0.675. The molecule has 2 bridgehead atoms. The molecule has 0 spiro atoms. The highest BCUT2D eigenvalue weighted by molar-refractivity contribution is 5.94. The average molecular weight is 344 g/mol. The lowest BCUT2D eigenvalue weighted by Crippen LogP contribution is -2.52. The minimum absolute atomic E-state index is 0.0101. The van der Waals surface area contributed by atoms with Crippen LogP contribution in [0.4, 0.5) is 0 Å². The van der Waals surface area contributed by atoms with Gasteiger partial charge in [-0.1, -0.05) is 6.07 Å². The van der Waals surface area contributed by atoms with E-state index in [2.05, 4.69) is 10.2 Å². The second kappa shape index (κ2) is 7.34. The summed E-state index contributed by atoms with van der Waals surface area (Å²) in [5, 5.41) is 3.25. The number of hydrogen-bond acceptors (Lipinski definition) is 4. The third kappa shape index (κ3) is 3.67. The lowest BCUT2D eigenvalue weighted by atomic mass is 9.96. The number of carbonyl (C=O) groups excluding carboxylic acids is 1. The Labute approximate surface area is 149 Å². The second-order valence-electron chi connectivity index (χ2n) is 7.59. The number of hydrogen-bond donors (Lipinski definition) is 1. The SMILES string of the molecule is COc1cccc(C(=O)NC2C[C@H]3CC[C@@H](C2)N3CC2CCCO2)c1. The summed E-state index contributed by atoms with van der Waals surface area (Å²) in [6.45, 7) is 2.00. The Bertz CT molecular complexity index is 601. The van der Waals surface area contributed by atoms with Gasteiger partial charge >= 0.3 is 0 Å². The van der Waals surface area contributed by atoms with Gasteiger partial charge in [0.1, 0.15) is 5.75 Å². The summed E-state index contributed by atoms with van der Waals surface area (Å²) in [7, 11) is 1.62. The van der Waals surface area contributed by atoms with Crippen molar-refractivity contribution >= 4 is 5.91 Å². The number of nitrogens with one attached hydrogen (secondary N) is 1. The van der Waals surface area contributed by atoms with E-state index in [1.165, 1.54) is 25.7 Å². The monoisotopic (exact) mass is 344 g/mol. The fourth-order valence-corrected chi connectivity index (χ4v) is 4.75. The summed E-state index contributed by atoms with van der Waals surface area (Å²) < 4.78 is 11.0. The molecule has 3 heterocycles. The highest BCUT2D eigenvalue weighted by Crippen LogP contribution is 2.36. The van der Waals surface area contributed by atoms with Crippen LogP contribution in [0.1, 0.15) is 48.9 Å². The fraction of sp³-hybridized carbons (Fsp3) is 0.650. The van der Waals surface area contributed by atoms with E-state index in [4.69, 9.17) is 9.47 Å².